The molecule has 0 aliphatic rings. The van der Waals surface area contributed by atoms with Crippen molar-refractivity contribution in [2.24, 2.45) is 0 Å². The first-order valence-corrected chi connectivity index (χ1v) is 10.7. The van der Waals surface area contributed by atoms with Crippen molar-refractivity contribution in [3.05, 3.63) is 57.0 Å². The van der Waals surface area contributed by atoms with E-state index in [2.05, 4.69) is 37.4 Å². The Bertz CT molecular complexity index is 976. The molecule has 3 amide bonds. The summed E-state index contributed by atoms with van der Waals surface area (Å²) in [5, 5.41) is 5.55. The Balaban J connectivity index is 1.63. The van der Waals surface area contributed by atoms with Gasteiger partial charge in [-0.2, -0.15) is 0 Å². The molecule has 2 rings (SSSR count). The summed E-state index contributed by atoms with van der Waals surface area (Å²) in [5.41, 5.74) is 5.06. The third kappa shape index (κ3) is 9.52. The minimum atomic E-state index is -0.506. The van der Waals surface area contributed by atoms with Gasteiger partial charge in [0.2, 0.25) is 11.8 Å². The van der Waals surface area contributed by atoms with Gasteiger partial charge in [-0.25, -0.2) is 0 Å². The Morgan fingerprint density at radius 2 is 1.61 bits per heavy atom. The molecule has 0 radical (unpaired) electrons. The molecule has 0 spiro atoms. The highest BCUT2D eigenvalue weighted by atomic mass is 79.9. The van der Waals surface area contributed by atoms with Crippen molar-refractivity contribution < 1.29 is 19.1 Å². The van der Waals surface area contributed by atoms with Gasteiger partial charge in [0.05, 0.1) is 10.7 Å². The van der Waals surface area contributed by atoms with Crippen molar-refractivity contribution in [3.8, 4) is 5.75 Å². The first-order valence-electron chi connectivity index (χ1n) is 8.75. The van der Waals surface area contributed by atoms with Crippen LogP contribution in [0.25, 0.3) is 0 Å². The zero-order valence-electron chi connectivity index (χ0n) is 15.8. The monoisotopic (exact) mass is 546 g/mol. The van der Waals surface area contributed by atoms with Crippen LogP contribution in [-0.4, -0.2) is 29.4 Å². The Morgan fingerprint density at radius 1 is 0.935 bits per heavy atom. The molecule has 8 nitrogen and oxygen atoms in total. The topological polar surface area (TPSA) is 109 Å². The molecule has 2 aromatic carbocycles. The zero-order chi connectivity index (χ0) is 22.8. The van der Waals surface area contributed by atoms with Gasteiger partial charge in [-0.1, -0.05) is 39.1 Å². The molecule has 0 heterocycles. The Labute approximate surface area is 202 Å². The standard InChI is InChI=1S/C19H17BrCl2N4O4S/c20-11-1-4-13(5-2-11)30-10-18(29)24-19(31)26-25-17(28)8-7-16(27)23-15-6-3-12(21)9-14(15)22/h1-6,9H,7-8,10H2,(H,23,27)(H,25,28)(H2,24,26,29,31). The van der Waals surface area contributed by atoms with Crippen LogP contribution in [0, 0.1) is 0 Å². The summed E-state index contributed by atoms with van der Waals surface area (Å²) in [7, 11) is 0. The number of hydrogen-bond donors (Lipinski definition) is 4. The third-order valence-electron chi connectivity index (χ3n) is 3.54. The van der Waals surface area contributed by atoms with E-state index in [1.165, 1.54) is 6.07 Å². The minimum Gasteiger partial charge on any atom is -0.484 e. The van der Waals surface area contributed by atoms with E-state index in [0.29, 0.717) is 16.5 Å². The highest BCUT2D eigenvalue weighted by Gasteiger charge is 2.11. The molecule has 0 saturated carbocycles. The quantitative estimate of drug-likeness (QED) is 0.312. The summed E-state index contributed by atoms with van der Waals surface area (Å²) < 4.78 is 6.19. The number of carbonyl (C=O) groups is 3. The molecule has 164 valence electrons. The van der Waals surface area contributed by atoms with Crippen molar-refractivity contribution in [2.75, 3.05) is 11.9 Å². The number of anilines is 1. The Morgan fingerprint density at radius 3 is 2.29 bits per heavy atom. The smallest absolute Gasteiger partial charge is 0.264 e. The van der Waals surface area contributed by atoms with Crippen molar-refractivity contribution in [3.63, 3.8) is 0 Å². The highest BCUT2D eigenvalue weighted by Crippen LogP contribution is 2.25. The molecular formula is C19H17BrCl2N4O4S. The number of rotatable bonds is 7. The van der Waals surface area contributed by atoms with Gasteiger partial charge in [0.1, 0.15) is 5.75 Å². The second-order valence-corrected chi connectivity index (χ2v) is 8.13. The highest BCUT2D eigenvalue weighted by molar-refractivity contribution is 9.10. The summed E-state index contributed by atoms with van der Waals surface area (Å²) in [5.74, 6) is -0.891. The number of carbonyl (C=O) groups excluding carboxylic acids is 3. The van der Waals surface area contributed by atoms with Gasteiger partial charge in [-0.3, -0.25) is 30.6 Å². The summed E-state index contributed by atoms with van der Waals surface area (Å²) in [6, 6.07) is 11.6. The van der Waals surface area contributed by atoms with Gasteiger partial charge in [0.15, 0.2) is 11.7 Å². The first kappa shape index (κ1) is 24.9. The van der Waals surface area contributed by atoms with E-state index in [1.807, 2.05) is 0 Å². The number of hydrazine groups is 1. The van der Waals surface area contributed by atoms with E-state index >= 15 is 0 Å². The van der Waals surface area contributed by atoms with Crippen LogP contribution in [0.2, 0.25) is 10.0 Å². The van der Waals surface area contributed by atoms with E-state index in [9.17, 15) is 14.4 Å². The summed E-state index contributed by atoms with van der Waals surface area (Å²) in [6.07, 6.45) is -0.208. The zero-order valence-corrected chi connectivity index (χ0v) is 19.8. The predicted molar refractivity (Wildman–Crippen MR) is 126 cm³/mol. The average molecular weight is 548 g/mol. The van der Waals surface area contributed by atoms with Gasteiger partial charge in [0.25, 0.3) is 5.91 Å². The van der Waals surface area contributed by atoms with E-state index in [-0.39, 0.29) is 29.6 Å². The van der Waals surface area contributed by atoms with Crippen molar-refractivity contribution in [1.29, 1.82) is 0 Å². The van der Waals surface area contributed by atoms with Crippen molar-refractivity contribution in [1.82, 2.24) is 16.2 Å². The lowest BCUT2D eigenvalue weighted by Gasteiger charge is -2.11. The van der Waals surface area contributed by atoms with Crippen LogP contribution in [0.3, 0.4) is 0 Å². The van der Waals surface area contributed by atoms with Crippen molar-refractivity contribution in [2.45, 2.75) is 12.8 Å². The largest absolute Gasteiger partial charge is 0.484 e. The third-order valence-corrected chi connectivity index (χ3v) is 4.82. The molecule has 0 aromatic heterocycles. The van der Waals surface area contributed by atoms with Gasteiger partial charge >= 0.3 is 0 Å². The van der Waals surface area contributed by atoms with E-state index in [0.717, 1.165) is 4.47 Å². The lowest BCUT2D eigenvalue weighted by molar-refractivity contribution is -0.125. The SMILES string of the molecule is O=C(CCC(=O)Nc1ccc(Cl)cc1Cl)NNC(=S)NC(=O)COc1ccc(Br)cc1. The van der Waals surface area contributed by atoms with Crippen LogP contribution < -0.4 is 26.2 Å². The summed E-state index contributed by atoms with van der Waals surface area (Å²) >= 11 is 20.0. The molecule has 31 heavy (non-hydrogen) atoms. The van der Waals surface area contributed by atoms with Crippen LogP contribution >= 0.6 is 51.3 Å². The molecule has 0 atom stereocenters. The van der Waals surface area contributed by atoms with Crippen LogP contribution in [0.15, 0.2) is 46.9 Å². The predicted octanol–water partition coefficient (Wildman–Crippen LogP) is 3.58. The maximum atomic E-state index is 11.9. The molecule has 0 aliphatic heterocycles. The van der Waals surface area contributed by atoms with Gasteiger partial charge in [0, 0.05) is 22.3 Å². The fourth-order valence-electron chi connectivity index (χ4n) is 2.09. The van der Waals surface area contributed by atoms with Crippen LogP contribution in [0.1, 0.15) is 12.8 Å². The van der Waals surface area contributed by atoms with E-state index < -0.39 is 17.7 Å². The number of nitrogens with one attached hydrogen (secondary N) is 4. The number of thiocarbonyl (C=S) groups is 1. The molecule has 0 aliphatic carbocycles. The summed E-state index contributed by atoms with van der Waals surface area (Å²) in [6.45, 7) is -0.259. The number of halogens is 3. The average Bonchev–Trinajstić information content (AvgIpc) is 2.72. The lowest BCUT2D eigenvalue weighted by Crippen LogP contribution is -2.49. The maximum absolute atomic E-state index is 11.9. The second-order valence-electron chi connectivity index (χ2n) is 5.97. The van der Waals surface area contributed by atoms with Gasteiger partial charge < -0.3 is 10.1 Å². The number of hydrogen-bond acceptors (Lipinski definition) is 5. The molecule has 0 bridgehead atoms. The van der Waals surface area contributed by atoms with Gasteiger partial charge in [-0.15, -0.1) is 0 Å². The minimum absolute atomic E-state index is 0.0907. The molecular weight excluding hydrogens is 531 g/mol. The molecule has 2 aromatic rings. The fourth-order valence-corrected chi connectivity index (χ4v) is 2.98. The fraction of sp³-hybridized carbons (Fsp3) is 0.158. The lowest BCUT2D eigenvalue weighted by atomic mass is 10.2. The van der Waals surface area contributed by atoms with Gasteiger partial charge in [-0.05, 0) is 54.7 Å². The van der Waals surface area contributed by atoms with Crippen molar-refractivity contribution >= 4 is 79.9 Å². The molecule has 0 saturated heterocycles. The molecule has 0 fully saturated rings. The van der Waals surface area contributed by atoms with E-state index in [4.69, 9.17) is 40.2 Å². The van der Waals surface area contributed by atoms with Crippen LogP contribution in [0.4, 0.5) is 5.69 Å². The normalized spacial score (nSPS) is 10.0. The van der Waals surface area contributed by atoms with E-state index in [1.54, 1.807) is 36.4 Å². The maximum Gasteiger partial charge on any atom is 0.264 e. The summed E-state index contributed by atoms with van der Waals surface area (Å²) in [4.78, 5) is 35.6. The molecule has 12 heteroatoms. The molecule has 0 unspecified atom stereocenters. The molecule has 4 N–H and O–H groups in total. The second kappa shape index (κ2) is 12.5. The van der Waals surface area contributed by atoms with Crippen LogP contribution in [-0.2, 0) is 14.4 Å². The Kier molecular flexibility index (Phi) is 9.99. The first-order chi connectivity index (χ1) is 14.7. The van der Waals surface area contributed by atoms with Crippen LogP contribution in [0.5, 0.6) is 5.75 Å². The number of ether oxygens (including phenoxy) is 1. The number of amides is 3. The Hall–Kier alpha value is -2.40. The number of benzene rings is 2.